The van der Waals surface area contributed by atoms with Gasteiger partial charge >= 0.3 is 5.97 Å². The van der Waals surface area contributed by atoms with Crippen LogP contribution in [0.25, 0.3) is 0 Å². The predicted octanol–water partition coefficient (Wildman–Crippen LogP) is 2.32. The van der Waals surface area contributed by atoms with Crippen molar-refractivity contribution in [2.24, 2.45) is 5.41 Å². The van der Waals surface area contributed by atoms with Crippen LogP contribution in [0, 0.1) is 12.3 Å². The molecular weight excluding hydrogens is 258 g/mol. The van der Waals surface area contributed by atoms with Gasteiger partial charge in [0.05, 0.1) is 12.0 Å². The molecule has 110 valence electrons. The molecule has 5 nitrogen and oxygen atoms in total. The lowest BCUT2D eigenvalue weighted by molar-refractivity contribution is -0.138. The van der Waals surface area contributed by atoms with Crippen molar-refractivity contribution in [3.05, 3.63) is 29.3 Å². The highest BCUT2D eigenvalue weighted by Crippen LogP contribution is 2.25. The molecule has 0 aromatic heterocycles. The normalized spacial score (nSPS) is 12.8. The summed E-state index contributed by atoms with van der Waals surface area (Å²) in [5, 5.41) is 21.5. The number of nitrogens with one attached hydrogen (secondary N) is 1. The monoisotopic (exact) mass is 279 g/mol. The number of amides is 1. The lowest BCUT2D eigenvalue weighted by Gasteiger charge is -2.30. The van der Waals surface area contributed by atoms with Crippen molar-refractivity contribution in [2.75, 3.05) is 0 Å². The van der Waals surface area contributed by atoms with Crippen LogP contribution in [0.3, 0.4) is 0 Å². The standard InChI is InChI=1S/C15H21NO4/c1-9-6-5-7-10(13(9)19)14(20)16-11(8-12(17)18)15(2,3)4/h5-7,11,19H,8H2,1-4H3,(H,16,20)(H,17,18). The topological polar surface area (TPSA) is 86.6 Å². The molecule has 0 bridgehead atoms. The summed E-state index contributed by atoms with van der Waals surface area (Å²) < 4.78 is 0. The molecule has 0 spiro atoms. The SMILES string of the molecule is Cc1cccc(C(=O)NC(CC(=O)O)C(C)(C)C)c1O. The van der Waals surface area contributed by atoms with Crippen LogP contribution in [-0.2, 0) is 4.79 Å². The third-order valence-electron chi connectivity index (χ3n) is 3.21. The summed E-state index contributed by atoms with van der Waals surface area (Å²) in [5.41, 5.74) is 0.362. The summed E-state index contributed by atoms with van der Waals surface area (Å²) in [6.07, 6.45) is -0.165. The number of aliphatic carboxylic acids is 1. The van der Waals surface area contributed by atoms with Crippen LogP contribution in [0.2, 0.25) is 0 Å². The molecule has 0 aliphatic carbocycles. The molecule has 1 aromatic carbocycles. The van der Waals surface area contributed by atoms with E-state index < -0.39 is 23.3 Å². The first-order chi connectivity index (χ1) is 9.12. The second-order valence-corrected chi connectivity index (χ2v) is 5.96. The van der Waals surface area contributed by atoms with Gasteiger partial charge in [-0.2, -0.15) is 0 Å². The molecule has 0 saturated heterocycles. The quantitative estimate of drug-likeness (QED) is 0.789. The number of benzene rings is 1. The van der Waals surface area contributed by atoms with Crippen molar-refractivity contribution in [3.8, 4) is 5.75 Å². The van der Waals surface area contributed by atoms with Crippen molar-refractivity contribution in [1.29, 1.82) is 0 Å². The number of hydrogen-bond acceptors (Lipinski definition) is 3. The third kappa shape index (κ3) is 3.98. The van der Waals surface area contributed by atoms with E-state index in [0.29, 0.717) is 5.56 Å². The molecule has 0 aliphatic heterocycles. The minimum absolute atomic E-state index is 0.0759. The fraction of sp³-hybridized carbons (Fsp3) is 0.467. The maximum Gasteiger partial charge on any atom is 0.305 e. The Balaban J connectivity index is 2.96. The second kappa shape index (κ2) is 5.94. The predicted molar refractivity (Wildman–Crippen MR) is 75.8 cm³/mol. The first-order valence-corrected chi connectivity index (χ1v) is 6.44. The largest absolute Gasteiger partial charge is 0.507 e. The van der Waals surface area contributed by atoms with Crippen molar-refractivity contribution >= 4 is 11.9 Å². The first-order valence-electron chi connectivity index (χ1n) is 6.44. The third-order valence-corrected chi connectivity index (χ3v) is 3.21. The molecule has 0 radical (unpaired) electrons. The number of carbonyl (C=O) groups excluding carboxylic acids is 1. The van der Waals surface area contributed by atoms with E-state index in [9.17, 15) is 14.7 Å². The second-order valence-electron chi connectivity index (χ2n) is 5.96. The summed E-state index contributed by atoms with van der Waals surface area (Å²) in [7, 11) is 0. The average molecular weight is 279 g/mol. The highest BCUT2D eigenvalue weighted by Gasteiger charge is 2.29. The molecule has 1 unspecified atom stereocenters. The molecule has 1 rings (SSSR count). The van der Waals surface area contributed by atoms with Gasteiger partial charge in [-0.3, -0.25) is 9.59 Å². The van der Waals surface area contributed by atoms with Crippen LogP contribution in [-0.4, -0.2) is 28.1 Å². The van der Waals surface area contributed by atoms with E-state index in [1.54, 1.807) is 19.1 Å². The number of para-hydroxylation sites is 1. The average Bonchev–Trinajstić information content (AvgIpc) is 2.30. The minimum Gasteiger partial charge on any atom is -0.507 e. The smallest absolute Gasteiger partial charge is 0.305 e. The van der Waals surface area contributed by atoms with Gasteiger partial charge in [0, 0.05) is 6.04 Å². The molecule has 0 aliphatic rings. The lowest BCUT2D eigenvalue weighted by atomic mass is 9.84. The molecular formula is C15H21NO4. The fourth-order valence-corrected chi connectivity index (χ4v) is 1.83. The van der Waals surface area contributed by atoms with E-state index in [1.165, 1.54) is 6.07 Å². The van der Waals surface area contributed by atoms with Gasteiger partial charge in [-0.05, 0) is 24.0 Å². The zero-order chi connectivity index (χ0) is 15.5. The zero-order valence-electron chi connectivity index (χ0n) is 12.2. The first kappa shape index (κ1) is 16.0. The van der Waals surface area contributed by atoms with Gasteiger partial charge < -0.3 is 15.5 Å². The number of carbonyl (C=O) groups is 2. The molecule has 0 saturated carbocycles. The zero-order valence-corrected chi connectivity index (χ0v) is 12.2. The maximum absolute atomic E-state index is 12.2. The lowest BCUT2D eigenvalue weighted by Crippen LogP contribution is -2.45. The van der Waals surface area contributed by atoms with E-state index in [1.807, 2.05) is 20.8 Å². The summed E-state index contributed by atoms with van der Waals surface area (Å²) in [4.78, 5) is 23.1. The van der Waals surface area contributed by atoms with Gasteiger partial charge in [0.25, 0.3) is 5.91 Å². The number of aromatic hydroxyl groups is 1. The van der Waals surface area contributed by atoms with E-state index in [-0.39, 0.29) is 17.7 Å². The van der Waals surface area contributed by atoms with Crippen molar-refractivity contribution in [2.45, 2.75) is 40.2 Å². The number of carboxylic acid groups (broad SMARTS) is 1. The number of phenols is 1. The minimum atomic E-state index is -0.973. The van der Waals surface area contributed by atoms with Crippen LogP contribution in [0.5, 0.6) is 5.75 Å². The van der Waals surface area contributed by atoms with E-state index in [2.05, 4.69) is 5.32 Å². The van der Waals surface area contributed by atoms with Gasteiger partial charge in [0.2, 0.25) is 0 Å². The van der Waals surface area contributed by atoms with E-state index in [4.69, 9.17) is 5.11 Å². The highest BCUT2D eigenvalue weighted by molar-refractivity contribution is 5.97. The van der Waals surface area contributed by atoms with E-state index in [0.717, 1.165) is 0 Å². The van der Waals surface area contributed by atoms with Crippen molar-refractivity contribution in [3.63, 3.8) is 0 Å². The number of carboxylic acids is 1. The van der Waals surface area contributed by atoms with Gasteiger partial charge in [0.1, 0.15) is 5.75 Å². The highest BCUT2D eigenvalue weighted by atomic mass is 16.4. The van der Waals surface area contributed by atoms with Crippen LogP contribution in [0.1, 0.15) is 43.1 Å². The molecule has 0 heterocycles. The summed E-state index contributed by atoms with van der Waals surface area (Å²) in [6, 6.07) is 4.36. The molecule has 20 heavy (non-hydrogen) atoms. The molecule has 5 heteroatoms. The maximum atomic E-state index is 12.2. The number of phenolic OH excluding ortho intramolecular Hbond substituents is 1. The van der Waals surface area contributed by atoms with Crippen LogP contribution >= 0.6 is 0 Å². The Morgan fingerprint density at radius 1 is 1.30 bits per heavy atom. The van der Waals surface area contributed by atoms with Gasteiger partial charge in [-0.1, -0.05) is 32.9 Å². The van der Waals surface area contributed by atoms with Crippen molar-refractivity contribution in [1.82, 2.24) is 5.32 Å². The molecule has 0 fully saturated rings. The molecule has 1 atom stereocenters. The summed E-state index contributed by atoms with van der Waals surface area (Å²) in [5.74, 6) is -1.51. The Morgan fingerprint density at radius 3 is 2.40 bits per heavy atom. The Labute approximate surface area is 118 Å². The van der Waals surface area contributed by atoms with E-state index >= 15 is 0 Å². The molecule has 3 N–H and O–H groups in total. The van der Waals surface area contributed by atoms with Crippen LogP contribution in [0.15, 0.2) is 18.2 Å². The Morgan fingerprint density at radius 2 is 1.90 bits per heavy atom. The van der Waals surface area contributed by atoms with Crippen LogP contribution in [0.4, 0.5) is 0 Å². The Bertz CT molecular complexity index is 517. The van der Waals surface area contributed by atoms with Gasteiger partial charge in [0.15, 0.2) is 0 Å². The van der Waals surface area contributed by atoms with Crippen LogP contribution < -0.4 is 5.32 Å². The molecule has 1 amide bonds. The Hall–Kier alpha value is -2.04. The van der Waals surface area contributed by atoms with Gasteiger partial charge in [-0.25, -0.2) is 0 Å². The Kier molecular flexibility index (Phi) is 4.76. The number of hydrogen-bond donors (Lipinski definition) is 3. The molecule has 1 aromatic rings. The van der Waals surface area contributed by atoms with Gasteiger partial charge in [-0.15, -0.1) is 0 Å². The fourth-order valence-electron chi connectivity index (χ4n) is 1.83. The number of aryl methyl sites for hydroxylation is 1. The summed E-state index contributed by atoms with van der Waals surface area (Å²) in [6.45, 7) is 7.27. The van der Waals surface area contributed by atoms with Crippen molar-refractivity contribution < 1.29 is 19.8 Å². The number of rotatable bonds is 4. The summed E-state index contributed by atoms with van der Waals surface area (Å²) >= 11 is 0.